The third-order valence-electron chi connectivity index (χ3n) is 2.21. The lowest BCUT2D eigenvalue weighted by molar-refractivity contribution is 0.0950. The Morgan fingerprint density at radius 2 is 2.00 bits per heavy atom. The number of carbonyl (C=O) groups is 1. The molecule has 82 valence electrons. The van der Waals surface area contributed by atoms with E-state index in [0.29, 0.717) is 12.1 Å². The van der Waals surface area contributed by atoms with Crippen molar-refractivity contribution >= 4 is 21.8 Å². The molecule has 0 radical (unpaired) electrons. The Labute approximate surface area is 102 Å². The summed E-state index contributed by atoms with van der Waals surface area (Å²) >= 11 is 3.33. The van der Waals surface area contributed by atoms with Crippen LogP contribution in [0.5, 0.6) is 0 Å². The maximum Gasteiger partial charge on any atom is 0.251 e. The van der Waals surface area contributed by atoms with Gasteiger partial charge in [-0.1, -0.05) is 15.9 Å². The zero-order valence-corrected chi connectivity index (χ0v) is 10.1. The summed E-state index contributed by atoms with van der Waals surface area (Å²) < 4.78 is 0.966. The van der Waals surface area contributed by atoms with E-state index in [1.165, 1.54) is 0 Å². The molecule has 2 aromatic rings. The maximum absolute atomic E-state index is 11.7. The molecule has 0 bridgehead atoms. The van der Waals surface area contributed by atoms with Gasteiger partial charge in [0.15, 0.2) is 0 Å². The lowest BCUT2D eigenvalue weighted by atomic mass is 10.2. The SMILES string of the molecule is O=C(NCc1ccc[nH]1)c1ccc(Br)cc1. The summed E-state index contributed by atoms with van der Waals surface area (Å²) in [5, 5.41) is 2.84. The highest BCUT2D eigenvalue weighted by Crippen LogP contribution is 2.10. The van der Waals surface area contributed by atoms with Crippen LogP contribution in [-0.4, -0.2) is 10.9 Å². The van der Waals surface area contributed by atoms with Gasteiger partial charge in [-0.05, 0) is 36.4 Å². The van der Waals surface area contributed by atoms with Gasteiger partial charge in [0.25, 0.3) is 5.91 Å². The zero-order valence-electron chi connectivity index (χ0n) is 8.53. The van der Waals surface area contributed by atoms with Gasteiger partial charge < -0.3 is 10.3 Å². The molecule has 0 unspecified atom stereocenters. The zero-order chi connectivity index (χ0) is 11.4. The maximum atomic E-state index is 11.7. The molecule has 1 heterocycles. The molecule has 0 saturated heterocycles. The van der Waals surface area contributed by atoms with Crippen LogP contribution in [0, 0.1) is 0 Å². The molecule has 0 aliphatic heterocycles. The van der Waals surface area contributed by atoms with Gasteiger partial charge in [0.05, 0.1) is 6.54 Å². The first kappa shape index (κ1) is 11.0. The summed E-state index contributed by atoms with van der Waals surface area (Å²) in [5.74, 6) is -0.0675. The van der Waals surface area contributed by atoms with Gasteiger partial charge >= 0.3 is 0 Å². The number of aromatic amines is 1. The van der Waals surface area contributed by atoms with Gasteiger partial charge in [-0.25, -0.2) is 0 Å². The molecule has 0 atom stereocenters. The lowest BCUT2D eigenvalue weighted by Gasteiger charge is -2.03. The molecule has 0 fully saturated rings. The van der Waals surface area contributed by atoms with Crippen LogP contribution in [-0.2, 0) is 6.54 Å². The Bertz CT molecular complexity index is 462. The number of hydrogen-bond acceptors (Lipinski definition) is 1. The van der Waals surface area contributed by atoms with Gasteiger partial charge in [0, 0.05) is 21.9 Å². The number of H-pyrrole nitrogens is 1. The van der Waals surface area contributed by atoms with Crippen molar-refractivity contribution in [3.63, 3.8) is 0 Å². The van der Waals surface area contributed by atoms with Crippen molar-refractivity contribution in [1.82, 2.24) is 10.3 Å². The van der Waals surface area contributed by atoms with Crippen molar-refractivity contribution in [2.24, 2.45) is 0 Å². The summed E-state index contributed by atoms with van der Waals surface area (Å²) in [5.41, 5.74) is 1.65. The summed E-state index contributed by atoms with van der Waals surface area (Å²) in [6, 6.07) is 11.1. The number of benzene rings is 1. The second-order valence-corrected chi connectivity index (χ2v) is 4.30. The van der Waals surface area contributed by atoms with Crippen molar-refractivity contribution in [2.75, 3.05) is 0 Å². The van der Waals surface area contributed by atoms with Crippen LogP contribution in [0.3, 0.4) is 0 Å². The quantitative estimate of drug-likeness (QED) is 0.891. The third-order valence-corrected chi connectivity index (χ3v) is 2.74. The predicted molar refractivity (Wildman–Crippen MR) is 66.1 cm³/mol. The largest absolute Gasteiger partial charge is 0.364 e. The van der Waals surface area contributed by atoms with Crippen LogP contribution in [0.2, 0.25) is 0 Å². The molecule has 16 heavy (non-hydrogen) atoms. The third kappa shape index (κ3) is 2.73. The number of carbonyl (C=O) groups excluding carboxylic acids is 1. The van der Waals surface area contributed by atoms with Crippen LogP contribution in [0.1, 0.15) is 16.1 Å². The first-order valence-corrected chi connectivity index (χ1v) is 5.71. The van der Waals surface area contributed by atoms with Crippen LogP contribution in [0.25, 0.3) is 0 Å². The van der Waals surface area contributed by atoms with Gasteiger partial charge in [-0.2, -0.15) is 0 Å². The molecule has 4 heteroatoms. The second-order valence-electron chi connectivity index (χ2n) is 3.38. The van der Waals surface area contributed by atoms with E-state index in [1.54, 1.807) is 12.1 Å². The van der Waals surface area contributed by atoms with E-state index in [0.717, 1.165) is 10.2 Å². The van der Waals surface area contributed by atoms with Crippen LogP contribution in [0.15, 0.2) is 47.1 Å². The smallest absolute Gasteiger partial charge is 0.251 e. The number of amides is 1. The van der Waals surface area contributed by atoms with E-state index in [2.05, 4.69) is 26.2 Å². The minimum absolute atomic E-state index is 0.0675. The van der Waals surface area contributed by atoms with Gasteiger partial charge in [-0.15, -0.1) is 0 Å². The first-order valence-electron chi connectivity index (χ1n) is 4.92. The predicted octanol–water partition coefficient (Wildman–Crippen LogP) is 2.71. The highest BCUT2D eigenvalue weighted by atomic mass is 79.9. The average molecular weight is 279 g/mol. The van der Waals surface area contributed by atoms with Crippen LogP contribution < -0.4 is 5.32 Å². The van der Waals surface area contributed by atoms with E-state index < -0.39 is 0 Å². The van der Waals surface area contributed by atoms with Gasteiger partial charge in [0.1, 0.15) is 0 Å². The summed E-state index contributed by atoms with van der Waals surface area (Å²) in [7, 11) is 0. The van der Waals surface area contributed by atoms with E-state index in [1.807, 2.05) is 30.5 Å². The Kier molecular flexibility index (Phi) is 3.41. The highest BCUT2D eigenvalue weighted by molar-refractivity contribution is 9.10. The standard InChI is InChI=1S/C12H11BrN2O/c13-10-5-3-9(4-6-10)12(16)15-8-11-2-1-7-14-11/h1-7,14H,8H2,(H,15,16). The molecule has 0 saturated carbocycles. The highest BCUT2D eigenvalue weighted by Gasteiger charge is 2.04. The normalized spacial score (nSPS) is 10.1. The minimum atomic E-state index is -0.0675. The molecule has 0 spiro atoms. The second kappa shape index (κ2) is 4.99. The molecule has 3 nitrogen and oxygen atoms in total. The topological polar surface area (TPSA) is 44.9 Å². The van der Waals surface area contributed by atoms with E-state index >= 15 is 0 Å². The van der Waals surface area contributed by atoms with Crippen molar-refractivity contribution < 1.29 is 4.79 Å². The molecule has 1 amide bonds. The molecule has 1 aromatic heterocycles. The summed E-state index contributed by atoms with van der Waals surface area (Å²) in [6.45, 7) is 0.516. The Balaban J connectivity index is 1.95. The first-order chi connectivity index (χ1) is 7.75. The number of nitrogens with one attached hydrogen (secondary N) is 2. The summed E-state index contributed by atoms with van der Waals surface area (Å²) in [6.07, 6.45) is 1.83. The Hall–Kier alpha value is -1.55. The van der Waals surface area contributed by atoms with Gasteiger partial charge in [-0.3, -0.25) is 4.79 Å². The number of halogens is 1. The van der Waals surface area contributed by atoms with E-state index in [4.69, 9.17) is 0 Å². The molecular formula is C12H11BrN2O. The lowest BCUT2D eigenvalue weighted by Crippen LogP contribution is -2.22. The number of aromatic nitrogens is 1. The monoisotopic (exact) mass is 278 g/mol. The molecule has 1 aromatic carbocycles. The molecule has 2 N–H and O–H groups in total. The Morgan fingerprint density at radius 1 is 1.25 bits per heavy atom. The fourth-order valence-corrected chi connectivity index (χ4v) is 1.62. The van der Waals surface area contributed by atoms with Crippen molar-refractivity contribution in [3.8, 4) is 0 Å². The molecule has 0 aliphatic rings. The average Bonchev–Trinajstić information content (AvgIpc) is 2.80. The van der Waals surface area contributed by atoms with Crippen molar-refractivity contribution in [3.05, 3.63) is 58.3 Å². The fraction of sp³-hybridized carbons (Fsp3) is 0.0833. The van der Waals surface area contributed by atoms with Gasteiger partial charge in [0.2, 0.25) is 0 Å². The number of hydrogen-bond donors (Lipinski definition) is 2. The van der Waals surface area contributed by atoms with E-state index in [-0.39, 0.29) is 5.91 Å². The minimum Gasteiger partial charge on any atom is -0.364 e. The summed E-state index contributed by atoms with van der Waals surface area (Å²) in [4.78, 5) is 14.7. The Morgan fingerprint density at radius 3 is 2.62 bits per heavy atom. The fourth-order valence-electron chi connectivity index (χ4n) is 1.36. The molecule has 0 aliphatic carbocycles. The van der Waals surface area contributed by atoms with E-state index in [9.17, 15) is 4.79 Å². The molecular weight excluding hydrogens is 268 g/mol. The molecule has 2 rings (SSSR count). The van der Waals surface area contributed by atoms with Crippen molar-refractivity contribution in [2.45, 2.75) is 6.54 Å². The van der Waals surface area contributed by atoms with Crippen LogP contribution >= 0.6 is 15.9 Å². The van der Waals surface area contributed by atoms with Crippen molar-refractivity contribution in [1.29, 1.82) is 0 Å². The van der Waals surface area contributed by atoms with Crippen LogP contribution in [0.4, 0.5) is 0 Å². The number of rotatable bonds is 3.